The van der Waals surface area contributed by atoms with Gasteiger partial charge < -0.3 is 14.8 Å². The van der Waals surface area contributed by atoms with Gasteiger partial charge in [-0.05, 0) is 25.5 Å². The average molecular weight is 250 g/mol. The van der Waals surface area contributed by atoms with Crippen LogP contribution in [0.1, 0.15) is 26.0 Å². The molecule has 0 aliphatic carbocycles. The zero-order chi connectivity index (χ0) is 13.0. The van der Waals surface area contributed by atoms with E-state index in [4.69, 9.17) is 9.47 Å². The van der Waals surface area contributed by atoms with Crippen molar-refractivity contribution in [2.75, 3.05) is 13.2 Å². The second kappa shape index (κ2) is 6.16. The first kappa shape index (κ1) is 13.3. The quantitative estimate of drug-likeness (QED) is 0.886. The second-order valence-electron chi connectivity index (χ2n) is 5.08. The van der Waals surface area contributed by atoms with Crippen LogP contribution >= 0.6 is 0 Å². The summed E-state index contributed by atoms with van der Waals surface area (Å²) in [5.74, 6) is 0.812. The molecule has 100 valence electrons. The summed E-state index contributed by atoms with van der Waals surface area (Å²) in [5, 5.41) is 3.54. The molecular weight excluding hydrogens is 228 g/mol. The summed E-state index contributed by atoms with van der Waals surface area (Å²) >= 11 is 0. The van der Waals surface area contributed by atoms with Crippen molar-refractivity contribution in [3.8, 4) is 5.75 Å². The van der Waals surface area contributed by atoms with Crippen molar-refractivity contribution in [2.24, 2.45) is 0 Å². The zero-order valence-corrected chi connectivity index (χ0v) is 11.3. The van der Waals surface area contributed by atoms with E-state index in [2.05, 4.69) is 24.1 Å². The van der Waals surface area contributed by atoms with Gasteiger partial charge in [-0.1, -0.05) is 13.8 Å². The van der Waals surface area contributed by atoms with Gasteiger partial charge >= 0.3 is 0 Å². The van der Waals surface area contributed by atoms with Gasteiger partial charge in [-0.15, -0.1) is 0 Å². The van der Waals surface area contributed by atoms with Gasteiger partial charge in [0.2, 0.25) is 0 Å². The number of aryl methyl sites for hydroxylation is 1. The highest BCUT2D eigenvalue weighted by Crippen LogP contribution is 2.17. The average Bonchev–Trinajstić information content (AvgIpc) is 2.34. The first-order chi connectivity index (χ1) is 8.65. The Balaban J connectivity index is 1.98. The topological polar surface area (TPSA) is 43.4 Å². The summed E-state index contributed by atoms with van der Waals surface area (Å²) in [4.78, 5) is 4.24. The molecule has 0 unspecified atom stereocenters. The lowest BCUT2D eigenvalue weighted by Crippen LogP contribution is -2.51. The Hall–Kier alpha value is -1.13. The fourth-order valence-electron chi connectivity index (χ4n) is 2.15. The minimum atomic E-state index is 0.0608. The summed E-state index contributed by atoms with van der Waals surface area (Å²) in [6.07, 6.45) is 2.82. The maximum atomic E-state index is 5.97. The van der Waals surface area contributed by atoms with Crippen LogP contribution in [0, 0.1) is 6.92 Å². The molecule has 1 saturated heterocycles. The lowest BCUT2D eigenvalue weighted by Gasteiger charge is -2.33. The number of hydrogen-bond acceptors (Lipinski definition) is 4. The fraction of sp³-hybridized carbons (Fsp3) is 0.643. The monoisotopic (exact) mass is 250 g/mol. The highest BCUT2D eigenvalue weighted by molar-refractivity contribution is 5.19. The van der Waals surface area contributed by atoms with Crippen LogP contribution in [0.2, 0.25) is 0 Å². The first-order valence-corrected chi connectivity index (χ1v) is 6.58. The molecule has 2 atom stereocenters. The van der Waals surface area contributed by atoms with E-state index in [-0.39, 0.29) is 6.10 Å². The van der Waals surface area contributed by atoms with E-state index < -0.39 is 0 Å². The molecule has 1 N–H and O–H groups in total. The molecule has 0 amide bonds. The molecule has 18 heavy (non-hydrogen) atoms. The number of hydrogen-bond donors (Lipinski definition) is 1. The lowest BCUT2D eigenvalue weighted by molar-refractivity contribution is -0.0167. The standard InChI is InChI=1S/C14H22N2O2/c1-10(2)16-13-6-7-17-9-14(13)18-12-5-4-11(3)15-8-12/h4-5,8,10,13-14,16H,6-7,9H2,1-3H3/t13-,14+/m0/s1. The van der Waals surface area contributed by atoms with E-state index in [9.17, 15) is 0 Å². The molecule has 0 bridgehead atoms. The van der Waals surface area contributed by atoms with Gasteiger partial charge in [0.05, 0.1) is 12.8 Å². The molecule has 0 aromatic carbocycles. The van der Waals surface area contributed by atoms with Crippen LogP contribution in [0.15, 0.2) is 18.3 Å². The Morgan fingerprint density at radius 1 is 1.44 bits per heavy atom. The zero-order valence-electron chi connectivity index (χ0n) is 11.3. The van der Waals surface area contributed by atoms with Crippen molar-refractivity contribution in [3.05, 3.63) is 24.0 Å². The van der Waals surface area contributed by atoms with Gasteiger partial charge in [-0.2, -0.15) is 0 Å². The molecule has 0 radical (unpaired) electrons. The van der Waals surface area contributed by atoms with Crippen LogP contribution in [0.4, 0.5) is 0 Å². The highest BCUT2D eigenvalue weighted by atomic mass is 16.5. The number of aromatic nitrogens is 1. The fourth-order valence-corrected chi connectivity index (χ4v) is 2.15. The van der Waals surface area contributed by atoms with E-state index in [1.54, 1.807) is 6.20 Å². The second-order valence-corrected chi connectivity index (χ2v) is 5.08. The van der Waals surface area contributed by atoms with Crippen molar-refractivity contribution in [1.82, 2.24) is 10.3 Å². The molecule has 4 heteroatoms. The van der Waals surface area contributed by atoms with Crippen molar-refractivity contribution >= 4 is 0 Å². The van der Waals surface area contributed by atoms with E-state index in [0.29, 0.717) is 18.7 Å². The molecular formula is C14H22N2O2. The Kier molecular flexibility index (Phi) is 4.55. The molecule has 1 aliphatic rings. The number of ether oxygens (including phenoxy) is 2. The lowest BCUT2D eigenvalue weighted by atomic mass is 10.1. The number of rotatable bonds is 4. The van der Waals surface area contributed by atoms with E-state index >= 15 is 0 Å². The van der Waals surface area contributed by atoms with E-state index in [0.717, 1.165) is 24.5 Å². The van der Waals surface area contributed by atoms with Crippen LogP contribution in [0.5, 0.6) is 5.75 Å². The molecule has 1 aliphatic heterocycles. The smallest absolute Gasteiger partial charge is 0.138 e. The Morgan fingerprint density at radius 2 is 2.28 bits per heavy atom. The summed E-state index contributed by atoms with van der Waals surface area (Å²) in [6.45, 7) is 7.71. The highest BCUT2D eigenvalue weighted by Gasteiger charge is 2.27. The van der Waals surface area contributed by atoms with Crippen molar-refractivity contribution < 1.29 is 9.47 Å². The molecule has 4 nitrogen and oxygen atoms in total. The normalized spacial score (nSPS) is 24.2. The summed E-state index contributed by atoms with van der Waals surface area (Å²) < 4.78 is 11.5. The molecule has 0 spiro atoms. The van der Waals surface area contributed by atoms with Crippen molar-refractivity contribution in [2.45, 2.75) is 45.4 Å². The minimum Gasteiger partial charge on any atom is -0.485 e. The molecule has 1 fully saturated rings. The van der Waals surface area contributed by atoms with Crippen molar-refractivity contribution in [1.29, 1.82) is 0 Å². The molecule has 2 heterocycles. The minimum absolute atomic E-state index is 0.0608. The largest absolute Gasteiger partial charge is 0.485 e. The SMILES string of the molecule is Cc1ccc(O[C@@H]2COCC[C@@H]2NC(C)C)cn1. The Morgan fingerprint density at radius 3 is 2.94 bits per heavy atom. The molecule has 1 aromatic rings. The summed E-state index contributed by atoms with van der Waals surface area (Å²) in [7, 11) is 0. The predicted molar refractivity (Wildman–Crippen MR) is 70.9 cm³/mol. The third kappa shape index (κ3) is 3.68. The number of nitrogens with one attached hydrogen (secondary N) is 1. The number of nitrogens with zero attached hydrogens (tertiary/aromatic N) is 1. The van der Waals surface area contributed by atoms with E-state index in [1.807, 2.05) is 19.1 Å². The van der Waals surface area contributed by atoms with Crippen LogP contribution in [0.25, 0.3) is 0 Å². The summed E-state index contributed by atoms with van der Waals surface area (Å²) in [6, 6.07) is 4.73. The van der Waals surface area contributed by atoms with Crippen LogP contribution in [-0.2, 0) is 4.74 Å². The summed E-state index contributed by atoms with van der Waals surface area (Å²) in [5.41, 5.74) is 0.999. The molecule has 2 rings (SSSR count). The third-order valence-corrected chi connectivity index (χ3v) is 3.02. The van der Waals surface area contributed by atoms with Crippen molar-refractivity contribution in [3.63, 3.8) is 0 Å². The number of pyridine rings is 1. The molecule has 0 saturated carbocycles. The van der Waals surface area contributed by atoms with E-state index in [1.165, 1.54) is 0 Å². The van der Waals surface area contributed by atoms with Crippen LogP contribution in [-0.4, -0.2) is 36.4 Å². The Labute approximate surface area is 109 Å². The Bertz CT molecular complexity index is 365. The van der Waals surface area contributed by atoms with Gasteiger partial charge in [-0.25, -0.2) is 0 Å². The maximum absolute atomic E-state index is 5.97. The maximum Gasteiger partial charge on any atom is 0.138 e. The predicted octanol–water partition coefficient (Wildman–Crippen LogP) is 1.92. The van der Waals surface area contributed by atoms with Gasteiger partial charge in [0.25, 0.3) is 0 Å². The van der Waals surface area contributed by atoms with Gasteiger partial charge in [-0.3, -0.25) is 4.98 Å². The van der Waals surface area contributed by atoms with Gasteiger partial charge in [0, 0.05) is 24.4 Å². The third-order valence-electron chi connectivity index (χ3n) is 3.02. The van der Waals surface area contributed by atoms with Crippen LogP contribution in [0.3, 0.4) is 0 Å². The molecule has 1 aromatic heterocycles. The van der Waals surface area contributed by atoms with Gasteiger partial charge in [0.1, 0.15) is 11.9 Å². The first-order valence-electron chi connectivity index (χ1n) is 6.58. The van der Waals surface area contributed by atoms with Gasteiger partial charge in [0.15, 0.2) is 0 Å². The van der Waals surface area contributed by atoms with Crippen LogP contribution < -0.4 is 10.1 Å².